The maximum Gasteiger partial charge on any atom is 0.312 e. The van der Waals surface area contributed by atoms with E-state index in [4.69, 9.17) is 10.00 Å². The fourth-order valence-electron chi connectivity index (χ4n) is 1.81. The predicted molar refractivity (Wildman–Crippen MR) is 67.0 cm³/mol. The Labute approximate surface area is 103 Å². The Morgan fingerprint density at radius 1 is 1.38 bits per heavy atom. The SMILES string of the molecule is CCOC(=O)C(CC)(CC)CCCSC#N. The van der Waals surface area contributed by atoms with Crippen LogP contribution in [-0.4, -0.2) is 18.3 Å². The van der Waals surface area contributed by atoms with Crippen molar-refractivity contribution in [1.29, 1.82) is 5.26 Å². The molecule has 0 aromatic heterocycles. The number of hydrogen-bond donors (Lipinski definition) is 0. The lowest BCUT2D eigenvalue weighted by atomic mass is 9.78. The largest absolute Gasteiger partial charge is 0.466 e. The minimum Gasteiger partial charge on any atom is -0.466 e. The summed E-state index contributed by atoms with van der Waals surface area (Å²) in [6.07, 6.45) is 3.31. The van der Waals surface area contributed by atoms with Crippen LogP contribution < -0.4 is 0 Å². The standard InChI is InChI=1S/C12H21NO2S/c1-4-12(5-2,11(14)15-6-3)8-7-9-16-10-13/h4-9H2,1-3H3. The molecule has 0 unspecified atom stereocenters. The lowest BCUT2D eigenvalue weighted by molar-refractivity contribution is -0.156. The van der Waals surface area contributed by atoms with Crippen LogP contribution in [0.25, 0.3) is 0 Å². The Bertz CT molecular complexity index is 244. The first-order chi connectivity index (χ1) is 7.66. The molecule has 0 amide bonds. The van der Waals surface area contributed by atoms with E-state index in [-0.39, 0.29) is 11.4 Å². The number of hydrogen-bond acceptors (Lipinski definition) is 4. The molecule has 0 N–H and O–H groups in total. The van der Waals surface area contributed by atoms with Gasteiger partial charge in [0.1, 0.15) is 5.40 Å². The van der Waals surface area contributed by atoms with Crippen LogP contribution in [0.1, 0.15) is 46.5 Å². The number of nitriles is 1. The van der Waals surface area contributed by atoms with Gasteiger partial charge in [-0.1, -0.05) is 13.8 Å². The van der Waals surface area contributed by atoms with Gasteiger partial charge in [0.15, 0.2) is 0 Å². The van der Waals surface area contributed by atoms with Gasteiger partial charge in [0.05, 0.1) is 12.0 Å². The molecule has 0 rings (SSSR count). The minimum atomic E-state index is -0.341. The molecule has 0 saturated carbocycles. The van der Waals surface area contributed by atoms with Gasteiger partial charge in [-0.15, -0.1) is 0 Å². The molecule has 0 aromatic rings. The van der Waals surface area contributed by atoms with Crippen molar-refractivity contribution >= 4 is 17.7 Å². The summed E-state index contributed by atoms with van der Waals surface area (Å²) < 4.78 is 5.14. The summed E-state index contributed by atoms with van der Waals surface area (Å²) >= 11 is 1.25. The Balaban J connectivity index is 4.32. The molecule has 0 aliphatic rings. The molecule has 0 saturated heterocycles. The van der Waals surface area contributed by atoms with E-state index in [0.717, 1.165) is 31.4 Å². The Hall–Kier alpha value is -0.690. The molecular weight excluding hydrogens is 222 g/mol. The highest BCUT2D eigenvalue weighted by Crippen LogP contribution is 2.34. The van der Waals surface area contributed by atoms with Crippen LogP contribution in [-0.2, 0) is 9.53 Å². The number of carbonyl (C=O) groups is 1. The van der Waals surface area contributed by atoms with Gasteiger partial charge in [-0.2, -0.15) is 5.26 Å². The van der Waals surface area contributed by atoms with Gasteiger partial charge in [-0.05, 0) is 44.4 Å². The number of nitrogens with zero attached hydrogens (tertiary/aromatic N) is 1. The summed E-state index contributed by atoms with van der Waals surface area (Å²) in [4.78, 5) is 11.9. The highest BCUT2D eigenvalue weighted by atomic mass is 32.2. The highest BCUT2D eigenvalue weighted by Gasteiger charge is 2.35. The molecule has 3 nitrogen and oxygen atoms in total. The van der Waals surface area contributed by atoms with Crippen LogP contribution in [0.4, 0.5) is 0 Å². The monoisotopic (exact) mass is 243 g/mol. The third-order valence-electron chi connectivity index (χ3n) is 3.03. The van der Waals surface area contributed by atoms with Crippen molar-refractivity contribution in [2.24, 2.45) is 5.41 Å². The van der Waals surface area contributed by atoms with Gasteiger partial charge in [0.2, 0.25) is 0 Å². The van der Waals surface area contributed by atoms with Crippen molar-refractivity contribution in [3.8, 4) is 5.40 Å². The summed E-state index contributed by atoms with van der Waals surface area (Å²) in [5, 5.41) is 10.5. The van der Waals surface area contributed by atoms with E-state index in [1.54, 1.807) is 0 Å². The lowest BCUT2D eigenvalue weighted by Crippen LogP contribution is -2.32. The van der Waals surface area contributed by atoms with Gasteiger partial charge in [0, 0.05) is 5.75 Å². The smallest absolute Gasteiger partial charge is 0.312 e. The lowest BCUT2D eigenvalue weighted by Gasteiger charge is -2.28. The minimum absolute atomic E-state index is 0.0815. The summed E-state index contributed by atoms with van der Waals surface area (Å²) in [7, 11) is 0. The first-order valence-corrected chi connectivity index (χ1v) is 6.83. The molecule has 0 bridgehead atoms. The van der Waals surface area contributed by atoms with Crippen molar-refractivity contribution in [3.63, 3.8) is 0 Å². The second kappa shape index (κ2) is 8.46. The summed E-state index contributed by atoms with van der Waals surface area (Å²) in [5.41, 5.74) is -0.341. The number of rotatable bonds is 8. The van der Waals surface area contributed by atoms with E-state index in [0.29, 0.717) is 6.61 Å². The number of esters is 1. The van der Waals surface area contributed by atoms with Crippen LogP contribution in [0, 0.1) is 16.1 Å². The van der Waals surface area contributed by atoms with Crippen LogP contribution in [0.3, 0.4) is 0 Å². The van der Waals surface area contributed by atoms with E-state index >= 15 is 0 Å². The third-order valence-corrected chi connectivity index (χ3v) is 3.65. The molecule has 0 fully saturated rings. The van der Waals surface area contributed by atoms with E-state index in [1.165, 1.54) is 11.8 Å². The average Bonchev–Trinajstić information content (AvgIpc) is 2.30. The molecule has 0 aliphatic carbocycles. The number of thiocyanates is 1. The Morgan fingerprint density at radius 2 is 2.00 bits per heavy atom. The summed E-state index contributed by atoms with van der Waals surface area (Å²) in [6.45, 7) is 6.32. The summed E-state index contributed by atoms with van der Waals surface area (Å²) in [6, 6.07) is 0. The van der Waals surface area contributed by atoms with Gasteiger partial charge in [0.25, 0.3) is 0 Å². The van der Waals surface area contributed by atoms with Gasteiger partial charge >= 0.3 is 5.97 Å². The van der Waals surface area contributed by atoms with Crippen molar-refractivity contribution in [2.45, 2.75) is 46.5 Å². The third kappa shape index (κ3) is 4.44. The predicted octanol–water partition coefficient (Wildman–Crippen LogP) is 3.35. The van der Waals surface area contributed by atoms with Crippen LogP contribution in [0.2, 0.25) is 0 Å². The molecule has 4 heteroatoms. The molecule has 0 spiro atoms. The Morgan fingerprint density at radius 3 is 2.44 bits per heavy atom. The zero-order valence-corrected chi connectivity index (χ0v) is 11.2. The normalized spacial score (nSPS) is 10.9. The quantitative estimate of drug-likeness (QED) is 0.372. The summed E-state index contributed by atoms with van der Waals surface area (Å²) in [5.74, 6) is 0.708. The highest BCUT2D eigenvalue weighted by molar-refractivity contribution is 8.03. The molecule has 92 valence electrons. The van der Waals surface area contributed by atoms with E-state index in [1.807, 2.05) is 26.2 Å². The zero-order valence-electron chi connectivity index (χ0n) is 10.4. The molecule has 0 atom stereocenters. The maximum atomic E-state index is 11.9. The van der Waals surface area contributed by atoms with Crippen molar-refractivity contribution < 1.29 is 9.53 Å². The maximum absolute atomic E-state index is 11.9. The first kappa shape index (κ1) is 15.3. The van der Waals surface area contributed by atoms with E-state index < -0.39 is 0 Å². The van der Waals surface area contributed by atoms with Crippen LogP contribution in [0.5, 0.6) is 0 Å². The molecule has 16 heavy (non-hydrogen) atoms. The molecule has 0 heterocycles. The van der Waals surface area contributed by atoms with Gasteiger partial charge in [-0.25, -0.2) is 0 Å². The topological polar surface area (TPSA) is 50.1 Å². The molecule has 0 aliphatic heterocycles. The number of thioether (sulfide) groups is 1. The van der Waals surface area contributed by atoms with Crippen LogP contribution in [0.15, 0.2) is 0 Å². The van der Waals surface area contributed by atoms with E-state index in [2.05, 4.69) is 0 Å². The van der Waals surface area contributed by atoms with Crippen molar-refractivity contribution in [2.75, 3.05) is 12.4 Å². The van der Waals surface area contributed by atoms with E-state index in [9.17, 15) is 4.79 Å². The average molecular weight is 243 g/mol. The number of ether oxygens (including phenoxy) is 1. The van der Waals surface area contributed by atoms with Crippen molar-refractivity contribution in [1.82, 2.24) is 0 Å². The second-order valence-electron chi connectivity index (χ2n) is 3.75. The zero-order chi connectivity index (χ0) is 12.4. The molecule has 0 aromatic carbocycles. The molecule has 0 radical (unpaired) electrons. The molecular formula is C12H21NO2S. The number of carbonyl (C=O) groups excluding carboxylic acids is 1. The van der Waals surface area contributed by atoms with Gasteiger partial charge in [-0.3, -0.25) is 4.79 Å². The Kier molecular flexibility index (Phi) is 8.10. The first-order valence-electron chi connectivity index (χ1n) is 5.85. The second-order valence-corrected chi connectivity index (χ2v) is 4.63. The fourth-order valence-corrected chi connectivity index (χ4v) is 2.19. The van der Waals surface area contributed by atoms with Crippen molar-refractivity contribution in [3.05, 3.63) is 0 Å². The van der Waals surface area contributed by atoms with Crippen LogP contribution >= 0.6 is 11.8 Å². The van der Waals surface area contributed by atoms with Gasteiger partial charge < -0.3 is 4.74 Å². The fraction of sp³-hybridized carbons (Fsp3) is 0.833.